The summed E-state index contributed by atoms with van der Waals surface area (Å²) in [6.45, 7) is 24.8. The van der Waals surface area contributed by atoms with E-state index >= 15 is 0 Å². The van der Waals surface area contributed by atoms with Gasteiger partial charge in [0.15, 0.2) is 11.6 Å². The highest BCUT2D eigenvalue weighted by molar-refractivity contribution is 6.12. The first-order valence-electron chi connectivity index (χ1n) is 28.0. The SMILES string of the molecule is BC(CC)CCC(CCCC(=O)C(C)(C)OC(CCCC(=O)C(C)(C)OCCC(C)(C)OCC(C)(C)OC)CCC(B)CC)OC(=O)CCCC(CC(B)CCC)OC(=O)CCCC(O)C/C=C\CC. The number of carbonyl (C=O) groups excluding carboxylic acids is 4. The molecule has 0 rings (SSSR count). The second-order valence-electron chi connectivity index (χ2n) is 23.1. The van der Waals surface area contributed by atoms with Gasteiger partial charge in [-0.05, 0) is 145 Å². The van der Waals surface area contributed by atoms with E-state index in [0.29, 0.717) is 108 Å². The Morgan fingerprint density at radius 1 is 0.557 bits per heavy atom. The van der Waals surface area contributed by atoms with Crippen molar-refractivity contribution in [2.75, 3.05) is 20.3 Å². The molecule has 0 aliphatic rings. The van der Waals surface area contributed by atoms with Crippen LogP contribution in [0.5, 0.6) is 0 Å². The van der Waals surface area contributed by atoms with Crippen molar-refractivity contribution in [2.24, 2.45) is 0 Å². The monoisotopic (exact) mass is 989 g/mol. The molecule has 0 aromatic heterocycles. The third-order valence-electron chi connectivity index (χ3n) is 14.2. The van der Waals surface area contributed by atoms with Gasteiger partial charge in [0.25, 0.3) is 0 Å². The Hall–Kier alpha value is -1.99. The summed E-state index contributed by atoms with van der Waals surface area (Å²) in [4.78, 5) is 53.6. The number of hydrogen-bond donors (Lipinski definition) is 1. The van der Waals surface area contributed by atoms with Crippen LogP contribution in [0.15, 0.2) is 12.2 Å². The Morgan fingerprint density at radius 2 is 1.06 bits per heavy atom. The summed E-state index contributed by atoms with van der Waals surface area (Å²) in [5, 5.41) is 10.2. The van der Waals surface area contributed by atoms with Crippen molar-refractivity contribution in [3.05, 3.63) is 12.2 Å². The maximum atomic E-state index is 13.9. The number of Topliss-reactive ketones (excluding diaryl/α,β-unsaturated/α-hetero) is 2. The van der Waals surface area contributed by atoms with Crippen molar-refractivity contribution in [3.8, 4) is 0 Å². The fraction of sp³-hybridized carbons (Fsp3) is 0.893. The Morgan fingerprint density at radius 3 is 1.60 bits per heavy atom. The molecule has 0 aliphatic carbocycles. The topological polar surface area (TPSA) is 144 Å². The van der Waals surface area contributed by atoms with E-state index in [4.69, 9.17) is 28.4 Å². The average molecular weight is 989 g/mol. The van der Waals surface area contributed by atoms with Crippen molar-refractivity contribution in [2.45, 2.75) is 301 Å². The molecular formula is C56H107B3O11. The van der Waals surface area contributed by atoms with Crippen molar-refractivity contribution in [1.29, 1.82) is 0 Å². The minimum Gasteiger partial charge on any atom is -0.462 e. The number of aliphatic hydroxyl groups excluding tert-OH is 1. The van der Waals surface area contributed by atoms with Crippen LogP contribution in [0.25, 0.3) is 0 Å². The van der Waals surface area contributed by atoms with Gasteiger partial charge in [-0.15, -0.1) is 0 Å². The van der Waals surface area contributed by atoms with Gasteiger partial charge in [0.05, 0.1) is 36.6 Å². The number of ether oxygens (including phenoxy) is 6. The average Bonchev–Trinajstić information content (AvgIpc) is 3.28. The van der Waals surface area contributed by atoms with Crippen LogP contribution in [0.2, 0.25) is 17.5 Å². The van der Waals surface area contributed by atoms with Gasteiger partial charge in [-0.25, -0.2) is 0 Å². The summed E-state index contributed by atoms with van der Waals surface area (Å²) < 4.78 is 36.5. The molecule has 0 bridgehead atoms. The number of allylic oxidation sites excluding steroid dienone is 1. The molecule has 0 saturated heterocycles. The second-order valence-corrected chi connectivity index (χ2v) is 23.1. The summed E-state index contributed by atoms with van der Waals surface area (Å²) in [6, 6.07) is 0. The summed E-state index contributed by atoms with van der Waals surface area (Å²) >= 11 is 0. The molecule has 7 unspecified atom stereocenters. The van der Waals surface area contributed by atoms with Gasteiger partial charge in [0.1, 0.15) is 46.9 Å². The van der Waals surface area contributed by atoms with Gasteiger partial charge < -0.3 is 33.5 Å². The molecule has 0 aromatic carbocycles. The van der Waals surface area contributed by atoms with E-state index in [-0.39, 0.29) is 60.3 Å². The normalized spacial score (nSPS) is 15.8. The lowest BCUT2D eigenvalue weighted by molar-refractivity contribution is -0.151. The molecule has 70 heavy (non-hydrogen) atoms. The summed E-state index contributed by atoms with van der Waals surface area (Å²) in [7, 11) is 8.30. The number of methoxy groups -OCH3 is 1. The van der Waals surface area contributed by atoms with Crippen LogP contribution in [-0.4, -0.2) is 119 Å². The Balaban J connectivity index is 5.45. The lowest BCUT2D eigenvalue weighted by Gasteiger charge is -2.32. The van der Waals surface area contributed by atoms with Gasteiger partial charge in [0.2, 0.25) is 0 Å². The maximum Gasteiger partial charge on any atom is 0.306 e. The molecule has 0 fully saturated rings. The van der Waals surface area contributed by atoms with Crippen LogP contribution >= 0.6 is 0 Å². The van der Waals surface area contributed by atoms with Crippen LogP contribution in [0.1, 0.15) is 237 Å². The molecule has 406 valence electrons. The maximum absolute atomic E-state index is 13.9. The molecule has 0 aliphatic heterocycles. The fourth-order valence-electron chi connectivity index (χ4n) is 8.34. The number of hydrogen-bond acceptors (Lipinski definition) is 11. The van der Waals surface area contributed by atoms with Crippen LogP contribution in [0.3, 0.4) is 0 Å². The third kappa shape index (κ3) is 33.7. The van der Waals surface area contributed by atoms with Gasteiger partial charge in [-0.2, -0.15) is 0 Å². The molecule has 0 aromatic rings. The first-order valence-corrected chi connectivity index (χ1v) is 28.0. The van der Waals surface area contributed by atoms with Crippen molar-refractivity contribution in [1.82, 2.24) is 0 Å². The van der Waals surface area contributed by atoms with E-state index in [1.807, 2.05) is 67.5 Å². The van der Waals surface area contributed by atoms with Crippen LogP contribution in [0, 0.1) is 0 Å². The van der Waals surface area contributed by atoms with E-state index in [1.165, 1.54) is 0 Å². The molecular weight excluding hydrogens is 881 g/mol. The van der Waals surface area contributed by atoms with Crippen molar-refractivity contribution < 1.29 is 52.7 Å². The zero-order valence-corrected chi connectivity index (χ0v) is 48.1. The molecule has 0 radical (unpaired) electrons. The second kappa shape index (κ2) is 36.9. The molecule has 1 N–H and O–H groups in total. The minimum atomic E-state index is -1.01. The highest BCUT2D eigenvalue weighted by Crippen LogP contribution is 2.29. The third-order valence-corrected chi connectivity index (χ3v) is 14.2. The molecule has 0 heterocycles. The Labute approximate surface area is 432 Å². The highest BCUT2D eigenvalue weighted by Gasteiger charge is 2.34. The zero-order chi connectivity index (χ0) is 53.4. The van der Waals surface area contributed by atoms with E-state index in [0.717, 1.165) is 64.2 Å². The lowest BCUT2D eigenvalue weighted by Crippen LogP contribution is -2.40. The highest BCUT2D eigenvalue weighted by atomic mass is 16.6. The minimum absolute atomic E-state index is 0.0227. The molecule has 0 spiro atoms. The van der Waals surface area contributed by atoms with Crippen molar-refractivity contribution >= 4 is 47.0 Å². The first kappa shape index (κ1) is 68.0. The molecule has 0 amide bonds. The van der Waals surface area contributed by atoms with Crippen molar-refractivity contribution in [3.63, 3.8) is 0 Å². The number of carbonyl (C=O) groups is 4. The molecule has 0 saturated carbocycles. The van der Waals surface area contributed by atoms with Gasteiger partial charge in [0, 0.05) is 32.8 Å². The fourth-order valence-corrected chi connectivity index (χ4v) is 8.34. The number of esters is 2. The van der Waals surface area contributed by atoms with Crippen LogP contribution in [0.4, 0.5) is 0 Å². The van der Waals surface area contributed by atoms with E-state index in [1.54, 1.807) is 7.11 Å². The lowest BCUT2D eigenvalue weighted by atomic mass is 9.78. The van der Waals surface area contributed by atoms with E-state index in [9.17, 15) is 24.3 Å². The van der Waals surface area contributed by atoms with E-state index < -0.39 is 22.9 Å². The van der Waals surface area contributed by atoms with Gasteiger partial charge in [-0.3, -0.25) is 19.2 Å². The molecule has 7 atom stereocenters. The Kier molecular flexibility index (Phi) is 35.8. The standard InChI is InChI=1S/C56H107B3O11/c1-14-18-19-25-45(60)26-20-32-52(64)69-48(40-44(59)24-15-2)29-23-33-51(63)68-46(36-34-42(57)16-3)27-21-31-50(62)56(11,12)70-47(37-35-43(58)17-4)28-22-30-49(61)55(9,10)66-39-38-53(5,6)67-41-54(7,8)65-13/h18-19,42-48,60H,14-17,20-41,57-59H2,1-13H3/b19-18-. The largest absolute Gasteiger partial charge is 0.462 e. The molecule has 14 heteroatoms. The number of rotatable bonds is 45. The predicted octanol–water partition coefficient (Wildman–Crippen LogP) is 10.8. The first-order chi connectivity index (χ1) is 32.7. The summed E-state index contributed by atoms with van der Waals surface area (Å²) in [5.74, 6) is 0.978. The number of aliphatic hydroxyl groups is 1. The molecule has 11 nitrogen and oxygen atoms in total. The zero-order valence-electron chi connectivity index (χ0n) is 48.1. The predicted molar refractivity (Wildman–Crippen MR) is 295 cm³/mol. The van der Waals surface area contributed by atoms with E-state index in [2.05, 4.69) is 51.2 Å². The smallest absolute Gasteiger partial charge is 0.306 e. The van der Waals surface area contributed by atoms with Gasteiger partial charge in [-0.1, -0.05) is 95.8 Å². The van der Waals surface area contributed by atoms with Crippen LogP contribution in [-0.2, 0) is 47.6 Å². The Bertz CT molecular complexity index is 1450. The van der Waals surface area contributed by atoms with Gasteiger partial charge >= 0.3 is 11.9 Å². The van der Waals surface area contributed by atoms with Crippen LogP contribution < -0.4 is 0 Å². The quantitative estimate of drug-likeness (QED) is 0.0354. The summed E-state index contributed by atoms with van der Waals surface area (Å²) in [6.07, 6.45) is 19.3. The summed E-state index contributed by atoms with van der Waals surface area (Å²) in [5.41, 5.74) is -2.76. The number of ketones is 2.